The molecule has 4 heteroatoms. The van der Waals surface area contributed by atoms with Crippen molar-refractivity contribution in [2.45, 2.75) is 231 Å². The molecule has 0 bridgehead atoms. The average molecular weight is 674 g/mol. The highest BCUT2D eigenvalue weighted by atomic mass is 16.3. The lowest BCUT2D eigenvalue weighted by Crippen LogP contribution is -2.45. The van der Waals surface area contributed by atoms with Gasteiger partial charge in [0.15, 0.2) is 0 Å². The average Bonchev–Trinajstić information content (AvgIpc) is 3.09. The van der Waals surface area contributed by atoms with E-state index in [4.69, 9.17) is 0 Å². The molecule has 282 valence electrons. The predicted molar refractivity (Wildman–Crippen MR) is 212 cm³/mol. The van der Waals surface area contributed by atoms with Crippen LogP contribution in [0.15, 0.2) is 36.5 Å². The molecule has 0 fully saturated rings. The van der Waals surface area contributed by atoms with Crippen LogP contribution in [0.1, 0.15) is 219 Å². The Kier molecular flexibility index (Phi) is 38.9. The first-order valence-electron chi connectivity index (χ1n) is 21.2. The number of unbranched alkanes of at least 4 members (excludes halogenated alkanes) is 27. The Morgan fingerprint density at radius 3 is 1.21 bits per heavy atom. The Bertz CT molecular complexity index is 731. The summed E-state index contributed by atoms with van der Waals surface area (Å²) in [5.41, 5.74) is 0. The van der Waals surface area contributed by atoms with E-state index in [9.17, 15) is 15.0 Å². The van der Waals surface area contributed by atoms with E-state index in [0.29, 0.717) is 6.42 Å². The summed E-state index contributed by atoms with van der Waals surface area (Å²) in [6.07, 6.45) is 52.5. The maximum Gasteiger partial charge on any atom is 0.220 e. The zero-order valence-electron chi connectivity index (χ0n) is 32.3. The molecule has 0 aliphatic rings. The fraction of sp³-hybridized carbons (Fsp3) is 0.841. The number of amides is 1. The highest BCUT2D eigenvalue weighted by molar-refractivity contribution is 5.76. The van der Waals surface area contributed by atoms with Gasteiger partial charge in [0.1, 0.15) is 0 Å². The Balaban J connectivity index is 3.64. The largest absolute Gasteiger partial charge is 0.394 e. The van der Waals surface area contributed by atoms with E-state index in [1.807, 2.05) is 6.08 Å². The van der Waals surface area contributed by atoms with E-state index in [0.717, 1.165) is 38.5 Å². The Morgan fingerprint density at radius 2 is 0.812 bits per heavy atom. The Hall–Kier alpha value is -1.39. The first-order chi connectivity index (χ1) is 23.7. The molecule has 2 unspecified atom stereocenters. The van der Waals surface area contributed by atoms with Crippen molar-refractivity contribution >= 4 is 5.91 Å². The molecular weight excluding hydrogens is 590 g/mol. The van der Waals surface area contributed by atoms with Crippen molar-refractivity contribution in [1.29, 1.82) is 0 Å². The number of hydrogen-bond acceptors (Lipinski definition) is 3. The number of carbonyl (C=O) groups excluding carboxylic acids is 1. The number of carbonyl (C=O) groups is 1. The summed E-state index contributed by atoms with van der Waals surface area (Å²) >= 11 is 0. The van der Waals surface area contributed by atoms with Gasteiger partial charge in [-0.15, -0.1) is 0 Å². The molecule has 0 spiro atoms. The maximum absolute atomic E-state index is 12.3. The fourth-order valence-corrected chi connectivity index (χ4v) is 6.33. The summed E-state index contributed by atoms with van der Waals surface area (Å²) in [6.45, 7) is 4.30. The molecule has 0 saturated carbocycles. The van der Waals surface area contributed by atoms with Gasteiger partial charge in [0, 0.05) is 6.42 Å². The number of aliphatic hydroxyl groups is 2. The molecule has 1 amide bonds. The third kappa shape index (κ3) is 35.9. The van der Waals surface area contributed by atoms with Crippen LogP contribution in [-0.4, -0.2) is 34.9 Å². The topological polar surface area (TPSA) is 69.6 Å². The normalized spacial score (nSPS) is 13.3. The molecule has 0 rings (SSSR count). The van der Waals surface area contributed by atoms with Crippen LogP contribution in [0.3, 0.4) is 0 Å². The first-order valence-corrected chi connectivity index (χ1v) is 21.2. The molecule has 2 atom stereocenters. The smallest absolute Gasteiger partial charge is 0.220 e. The number of nitrogens with one attached hydrogen (secondary N) is 1. The predicted octanol–water partition coefficient (Wildman–Crippen LogP) is 13.0. The van der Waals surface area contributed by atoms with Crippen LogP contribution in [-0.2, 0) is 4.79 Å². The lowest BCUT2D eigenvalue weighted by molar-refractivity contribution is -0.123. The van der Waals surface area contributed by atoms with Gasteiger partial charge in [-0.3, -0.25) is 4.79 Å². The van der Waals surface area contributed by atoms with Gasteiger partial charge in [-0.2, -0.15) is 0 Å². The Morgan fingerprint density at radius 1 is 0.479 bits per heavy atom. The fourth-order valence-electron chi connectivity index (χ4n) is 6.33. The van der Waals surface area contributed by atoms with Crippen LogP contribution in [0.5, 0.6) is 0 Å². The SMILES string of the molecule is CCCCCCCCCCCCC/C=C/CC/C=C/CC/C=C/C(O)C(CO)NC(=O)CCCCCCCCCCCCCCCCC. The van der Waals surface area contributed by atoms with E-state index >= 15 is 0 Å². The van der Waals surface area contributed by atoms with Crippen LogP contribution >= 0.6 is 0 Å². The molecule has 3 N–H and O–H groups in total. The van der Waals surface area contributed by atoms with Crippen LogP contribution < -0.4 is 5.32 Å². The van der Waals surface area contributed by atoms with Crippen molar-refractivity contribution in [2.75, 3.05) is 6.61 Å². The standard InChI is InChI=1S/C44H83NO3/c1-3-5-7-9-11-13-15-17-19-20-21-22-23-24-26-27-29-31-33-35-37-39-43(47)42(41-46)45-44(48)40-38-36-34-32-30-28-25-18-16-14-12-10-8-6-4-2/h23-24,29,31,37,39,42-43,46-47H,3-22,25-28,30,32-36,38,40-41H2,1-2H3,(H,45,48)/b24-23+,31-29+,39-37+. The van der Waals surface area contributed by atoms with Gasteiger partial charge < -0.3 is 15.5 Å². The molecule has 0 aromatic rings. The highest BCUT2D eigenvalue weighted by Crippen LogP contribution is 2.15. The zero-order chi connectivity index (χ0) is 35.0. The third-order valence-electron chi connectivity index (χ3n) is 9.60. The highest BCUT2D eigenvalue weighted by Gasteiger charge is 2.17. The zero-order valence-corrected chi connectivity index (χ0v) is 32.3. The minimum absolute atomic E-state index is 0.0769. The van der Waals surface area contributed by atoms with Crippen molar-refractivity contribution in [1.82, 2.24) is 5.32 Å². The molecule has 0 heterocycles. The molecule has 0 aliphatic carbocycles. The van der Waals surface area contributed by atoms with E-state index in [1.165, 1.54) is 161 Å². The van der Waals surface area contributed by atoms with E-state index in [1.54, 1.807) is 6.08 Å². The maximum atomic E-state index is 12.3. The van der Waals surface area contributed by atoms with Gasteiger partial charge in [-0.05, 0) is 44.9 Å². The second kappa shape index (κ2) is 40.0. The second-order valence-corrected chi connectivity index (χ2v) is 14.4. The number of allylic oxidation sites excluding steroid dienone is 5. The van der Waals surface area contributed by atoms with Crippen molar-refractivity contribution in [3.05, 3.63) is 36.5 Å². The second-order valence-electron chi connectivity index (χ2n) is 14.4. The monoisotopic (exact) mass is 674 g/mol. The molecule has 0 saturated heterocycles. The van der Waals surface area contributed by atoms with Crippen molar-refractivity contribution < 1.29 is 15.0 Å². The quantitative estimate of drug-likeness (QED) is 0.0451. The van der Waals surface area contributed by atoms with E-state index in [-0.39, 0.29) is 12.5 Å². The Labute approximate surface area is 300 Å². The number of aliphatic hydroxyl groups excluding tert-OH is 2. The van der Waals surface area contributed by atoms with E-state index in [2.05, 4.69) is 43.5 Å². The molecule has 48 heavy (non-hydrogen) atoms. The van der Waals surface area contributed by atoms with Crippen molar-refractivity contribution in [2.24, 2.45) is 0 Å². The molecule has 0 aliphatic heterocycles. The third-order valence-corrected chi connectivity index (χ3v) is 9.60. The van der Waals surface area contributed by atoms with Gasteiger partial charge in [-0.25, -0.2) is 0 Å². The minimum atomic E-state index is -0.866. The minimum Gasteiger partial charge on any atom is -0.394 e. The molecule has 0 aromatic carbocycles. The van der Waals surface area contributed by atoms with Gasteiger partial charge in [0.2, 0.25) is 5.91 Å². The molecule has 4 nitrogen and oxygen atoms in total. The summed E-state index contributed by atoms with van der Waals surface area (Å²) in [5, 5.41) is 22.9. The summed E-state index contributed by atoms with van der Waals surface area (Å²) in [5.74, 6) is -0.0769. The van der Waals surface area contributed by atoms with Gasteiger partial charge >= 0.3 is 0 Å². The van der Waals surface area contributed by atoms with Crippen LogP contribution in [0.25, 0.3) is 0 Å². The molecular formula is C44H83NO3. The summed E-state index contributed by atoms with van der Waals surface area (Å²) in [7, 11) is 0. The van der Waals surface area contributed by atoms with Crippen molar-refractivity contribution in [3.8, 4) is 0 Å². The molecule has 0 radical (unpaired) electrons. The van der Waals surface area contributed by atoms with Crippen LogP contribution in [0.2, 0.25) is 0 Å². The summed E-state index contributed by atoms with van der Waals surface area (Å²) in [4.78, 5) is 12.3. The van der Waals surface area contributed by atoms with Crippen molar-refractivity contribution in [3.63, 3.8) is 0 Å². The number of hydrogen-bond donors (Lipinski definition) is 3. The van der Waals surface area contributed by atoms with Gasteiger partial charge in [-0.1, -0.05) is 204 Å². The van der Waals surface area contributed by atoms with Gasteiger partial charge in [0.05, 0.1) is 18.8 Å². The number of rotatable bonds is 38. The summed E-state index contributed by atoms with van der Waals surface area (Å²) < 4.78 is 0. The van der Waals surface area contributed by atoms with Crippen LogP contribution in [0.4, 0.5) is 0 Å². The first kappa shape index (κ1) is 46.6. The van der Waals surface area contributed by atoms with E-state index < -0.39 is 12.1 Å². The lowest BCUT2D eigenvalue weighted by Gasteiger charge is -2.19. The lowest BCUT2D eigenvalue weighted by atomic mass is 10.0. The van der Waals surface area contributed by atoms with Gasteiger partial charge in [0.25, 0.3) is 0 Å². The summed E-state index contributed by atoms with van der Waals surface area (Å²) in [6, 6.07) is -0.641. The van der Waals surface area contributed by atoms with Crippen LogP contribution in [0, 0.1) is 0 Å². The molecule has 0 aromatic heterocycles.